The Hall–Kier alpha value is -1.96. The van der Waals surface area contributed by atoms with E-state index in [0.29, 0.717) is 15.1 Å². The van der Waals surface area contributed by atoms with Crippen molar-refractivity contribution in [3.63, 3.8) is 0 Å². The van der Waals surface area contributed by atoms with Gasteiger partial charge in [0, 0.05) is 27.2 Å². The fraction of sp³-hybridized carbons (Fsp3) is 0. The van der Waals surface area contributed by atoms with Crippen molar-refractivity contribution in [2.45, 2.75) is 0 Å². The third-order valence-electron chi connectivity index (χ3n) is 2.74. The monoisotopic (exact) mass is 415 g/mol. The molecule has 0 fully saturated rings. The van der Waals surface area contributed by atoms with E-state index < -0.39 is 10.8 Å². The molecular formula is C14H8BrCl2N3O3. The van der Waals surface area contributed by atoms with Gasteiger partial charge in [-0.05, 0) is 40.2 Å². The first-order chi connectivity index (χ1) is 10.9. The number of nitrogens with one attached hydrogen (secondary N) is 1. The van der Waals surface area contributed by atoms with Crippen LogP contribution >= 0.6 is 39.1 Å². The highest BCUT2D eigenvalue weighted by molar-refractivity contribution is 9.10. The maximum absolute atomic E-state index is 11.9. The van der Waals surface area contributed by atoms with Crippen molar-refractivity contribution in [2.75, 3.05) is 0 Å². The van der Waals surface area contributed by atoms with Crippen LogP contribution in [0.1, 0.15) is 15.9 Å². The molecule has 0 aliphatic carbocycles. The Bertz CT molecular complexity index is 812. The lowest BCUT2D eigenvalue weighted by atomic mass is 10.2. The average Bonchev–Trinajstić information content (AvgIpc) is 2.48. The Labute approximate surface area is 149 Å². The van der Waals surface area contributed by atoms with Gasteiger partial charge in [0.15, 0.2) is 0 Å². The Balaban J connectivity index is 2.09. The molecule has 0 unspecified atom stereocenters. The van der Waals surface area contributed by atoms with Gasteiger partial charge in [-0.3, -0.25) is 14.9 Å². The molecule has 0 atom stereocenters. The Kier molecular flexibility index (Phi) is 5.70. The molecule has 0 saturated heterocycles. The molecule has 0 saturated carbocycles. The summed E-state index contributed by atoms with van der Waals surface area (Å²) in [5, 5.41) is 15.1. The number of rotatable bonds is 4. The number of carbonyl (C=O) groups is 1. The molecule has 0 heterocycles. The van der Waals surface area contributed by atoms with Gasteiger partial charge < -0.3 is 0 Å². The molecule has 118 valence electrons. The van der Waals surface area contributed by atoms with Gasteiger partial charge in [-0.1, -0.05) is 23.2 Å². The molecule has 1 amide bonds. The Morgan fingerprint density at radius 1 is 1.26 bits per heavy atom. The fourth-order valence-corrected chi connectivity index (χ4v) is 2.59. The summed E-state index contributed by atoms with van der Waals surface area (Å²) in [6.45, 7) is 0. The van der Waals surface area contributed by atoms with Crippen LogP contribution in [0.5, 0.6) is 0 Å². The summed E-state index contributed by atoms with van der Waals surface area (Å²) in [4.78, 5) is 22.1. The molecule has 2 rings (SSSR count). The van der Waals surface area contributed by atoms with Crippen LogP contribution in [-0.2, 0) is 0 Å². The maximum atomic E-state index is 11.9. The number of hydrazone groups is 1. The van der Waals surface area contributed by atoms with Crippen LogP contribution in [0, 0.1) is 10.1 Å². The molecule has 6 nitrogen and oxygen atoms in total. The summed E-state index contributed by atoms with van der Waals surface area (Å²) in [5.74, 6) is -0.499. The number of carbonyl (C=O) groups excluding carboxylic acids is 1. The van der Waals surface area contributed by atoms with E-state index in [4.69, 9.17) is 23.2 Å². The first kappa shape index (κ1) is 17.4. The van der Waals surface area contributed by atoms with Crippen molar-refractivity contribution < 1.29 is 9.72 Å². The fourth-order valence-electron chi connectivity index (χ4n) is 1.63. The summed E-state index contributed by atoms with van der Waals surface area (Å²) in [6.07, 6.45) is 1.36. The van der Waals surface area contributed by atoms with E-state index >= 15 is 0 Å². The molecule has 0 radical (unpaired) electrons. The highest BCUT2D eigenvalue weighted by Crippen LogP contribution is 2.22. The number of nitrogens with zero attached hydrogens (tertiary/aromatic N) is 2. The molecule has 2 aromatic rings. The predicted molar refractivity (Wildman–Crippen MR) is 92.3 cm³/mol. The number of amides is 1. The second kappa shape index (κ2) is 7.54. The number of hydrogen-bond acceptors (Lipinski definition) is 4. The molecular weight excluding hydrogens is 409 g/mol. The summed E-state index contributed by atoms with van der Waals surface area (Å²) >= 11 is 14.9. The third kappa shape index (κ3) is 4.51. The van der Waals surface area contributed by atoms with Gasteiger partial charge in [0.1, 0.15) is 0 Å². The molecule has 0 aromatic heterocycles. The quantitative estimate of drug-likeness (QED) is 0.454. The van der Waals surface area contributed by atoms with Gasteiger partial charge in [-0.2, -0.15) is 5.10 Å². The van der Waals surface area contributed by atoms with E-state index in [1.165, 1.54) is 36.5 Å². The Morgan fingerprint density at radius 2 is 2.00 bits per heavy atom. The molecule has 0 spiro atoms. The largest absolute Gasteiger partial charge is 0.272 e. The highest BCUT2D eigenvalue weighted by atomic mass is 79.9. The van der Waals surface area contributed by atoms with Crippen LogP contribution in [0.4, 0.5) is 5.69 Å². The smallest absolute Gasteiger partial charge is 0.267 e. The van der Waals surface area contributed by atoms with Crippen molar-refractivity contribution in [1.82, 2.24) is 5.43 Å². The topological polar surface area (TPSA) is 84.6 Å². The first-order valence-electron chi connectivity index (χ1n) is 6.11. The average molecular weight is 417 g/mol. The van der Waals surface area contributed by atoms with E-state index in [1.807, 2.05) is 0 Å². The van der Waals surface area contributed by atoms with Crippen LogP contribution < -0.4 is 5.43 Å². The van der Waals surface area contributed by atoms with E-state index in [0.717, 1.165) is 0 Å². The van der Waals surface area contributed by atoms with E-state index in [-0.39, 0.29) is 16.3 Å². The van der Waals surface area contributed by atoms with E-state index in [9.17, 15) is 14.9 Å². The molecule has 1 N–H and O–H groups in total. The summed E-state index contributed by atoms with van der Waals surface area (Å²) in [7, 11) is 0. The summed E-state index contributed by atoms with van der Waals surface area (Å²) in [5.41, 5.74) is 3.07. The lowest BCUT2D eigenvalue weighted by Crippen LogP contribution is -2.18. The number of nitro benzene ring substituents is 1. The zero-order chi connectivity index (χ0) is 17.0. The number of hydrogen-bond donors (Lipinski definition) is 1. The highest BCUT2D eigenvalue weighted by Gasteiger charge is 2.10. The molecule has 0 aliphatic heterocycles. The number of benzene rings is 2. The van der Waals surface area contributed by atoms with Crippen molar-refractivity contribution in [2.24, 2.45) is 5.10 Å². The third-order valence-corrected chi connectivity index (χ3v) is 3.97. The Morgan fingerprint density at radius 3 is 2.61 bits per heavy atom. The lowest BCUT2D eigenvalue weighted by Gasteiger charge is -2.03. The van der Waals surface area contributed by atoms with Crippen LogP contribution in [0.3, 0.4) is 0 Å². The molecule has 0 bridgehead atoms. The van der Waals surface area contributed by atoms with Crippen molar-refractivity contribution in [3.05, 3.63) is 72.2 Å². The van der Waals surface area contributed by atoms with Gasteiger partial charge in [0.25, 0.3) is 11.6 Å². The number of non-ortho nitro benzene ring substituents is 1. The van der Waals surface area contributed by atoms with Crippen LogP contribution in [-0.4, -0.2) is 17.0 Å². The number of halogens is 3. The second-order valence-corrected chi connectivity index (χ2v) is 5.98. The summed E-state index contributed by atoms with van der Waals surface area (Å²) < 4.78 is 0.481. The van der Waals surface area contributed by atoms with Gasteiger partial charge in [0.2, 0.25) is 0 Å². The first-order valence-corrected chi connectivity index (χ1v) is 7.66. The van der Waals surface area contributed by atoms with Gasteiger partial charge in [-0.25, -0.2) is 5.43 Å². The maximum Gasteiger partial charge on any atom is 0.272 e. The van der Waals surface area contributed by atoms with Crippen molar-refractivity contribution in [1.29, 1.82) is 0 Å². The van der Waals surface area contributed by atoms with E-state index in [2.05, 4.69) is 26.5 Å². The summed E-state index contributed by atoms with van der Waals surface area (Å²) in [6, 6.07) is 8.67. The minimum Gasteiger partial charge on any atom is -0.267 e. The van der Waals surface area contributed by atoms with Crippen molar-refractivity contribution in [3.8, 4) is 0 Å². The number of nitro groups is 1. The SMILES string of the molecule is O=C(N/N=C\c1ccc([N+](=O)[O-])cc1Br)c1ccc(Cl)cc1Cl. The van der Waals surface area contributed by atoms with Crippen LogP contribution in [0.25, 0.3) is 0 Å². The molecule has 2 aromatic carbocycles. The standard InChI is InChI=1S/C14H8BrCl2N3O3/c15-12-6-10(20(22)23)3-1-8(12)7-18-19-14(21)11-4-2-9(16)5-13(11)17/h1-7H,(H,19,21)/b18-7-. The molecule has 9 heteroatoms. The minimum atomic E-state index is -0.504. The van der Waals surface area contributed by atoms with Gasteiger partial charge >= 0.3 is 0 Å². The van der Waals surface area contributed by atoms with Crippen LogP contribution in [0.2, 0.25) is 10.0 Å². The van der Waals surface area contributed by atoms with E-state index in [1.54, 1.807) is 6.07 Å². The van der Waals surface area contributed by atoms with Crippen molar-refractivity contribution >= 4 is 56.9 Å². The predicted octanol–water partition coefficient (Wildman–Crippen LogP) is 4.43. The van der Waals surface area contributed by atoms with Gasteiger partial charge in [0.05, 0.1) is 21.7 Å². The van der Waals surface area contributed by atoms with Crippen LogP contribution in [0.15, 0.2) is 46.0 Å². The lowest BCUT2D eigenvalue weighted by molar-refractivity contribution is -0.384. The molecule has 23 heavy (non-hydrogen) atoms. The zero-order valence-corrected chi connectivity index (χ0v) is 14.4. The second-order valence-electron chi connectivity index (χ2n) is 4.29. The minimum absolute atomic E-state index is 0.0500. The molecule has 0 aliphatic rings. The zero-order valence-electron chi connectivity index (χ0n) is 11.3. The normalized spacial score (nSPS) is 10.7. The van der Waals surface area contributed by atoms with Gasteiger partial charge in [-0.15, -0.1) is 0 Å².